The van der Waals surface area contributed by atoms with Crippen molar-refractivity contribution in [3.63, 3.8) is 0 Å². The van der Waals surface area contributed by atoms with Gasteiger partial charge in [0.05, 0.1) is 13.5 Å². The quantitative estimate of drug-likeness (QED) is 0.737. The Morgan fingerprint density at radius 3 is 2.61 bits per heavy atom. The molecule has 1 N–H and O–H groups in total. The molecule has 6 heteroatoms. The number of methoxy groups -OCH3 is 1. The number of nitrogens with one attached hydrogen (secondary N) is 1. The fourth-order valence-corrected chi connectivity index (χ4v) is 3.55. The van der Waals surface area contributed by atoms with Gasteiger partial charge >= 0.3 is 0 Å². The van der Waals surface area contributed by atoms with E-state index < -0.39 is 0 Å². The highest BCUT2D eigenvalue weighted by Crippen LogP contribution is 2.36. The molecule has 1 amide bonds. The van der Waals surface area contributed by atoms with Crippen LogP contribution in [0.3, 0.4) is 0 Å². The molecule has 0 aliphatic carbocycles. The van der Waals surface area contributed by atoms with E-state index in [4.69, 9.17) is 4.74 Å². The summed E-state index contributed by atoms with van der Waals surface area (Å²) in [6, 6.07) is 19.8. The lowest BCUT2D eigenvalue weighted by molar-refractivity contribution is -0.115. The Morgan fingerprint density at radius 1 is 1.11 bits per heavy atom. The van der Waals surface area contributed by atoms with Crippen molar-refractivity contribution < 1.29 is 9.53 Å². The minimum absolute atomic E-state index is 0.132. The highest BCUT2D eigenvalue weighted by Gasteiger charge is 2.27. The van der Waals surface area contributed by atoms with E-state index in [0.29, 0.717) is 11.9 Å². The molecule has 142 valence electrons. The second-order valence-corrected chi connectivity index (χ2v) is 6.90. The maximum Gasteiger partial charge on any atom is 0.229 e. The van der Waals surface area contributed by atoms with Crippen LogP contribution >= 0.6 is 0 Å². The molecule has 1 aliphatic heterocycles. The van der Waals surface area contributed by atoms with E-state index in [1.807, 2.05) is 36.4 Å². The predicted molar refractivity (Wildman–Crippen MR) is 109 cm³/mol. The van der Waals surface area contributed by atoms with Gasteiger partial charge in [0.25, 0.3) is 0 Å². The summed E-state index contributed by atoms with van der Waals surface area (Å²) in [5.41, 5.74) is 3.39. The molecule has 0 fully saturated rings. The summed E-state index contributed by atoms with van der Waals surface area (Å²) in [5, 5.41) is 11.3. The average molecular weight is 374 g/mol. The Balaban J connectivity index is 1.42. The first-order valence-electron chi connectivity index (χ1n) is 9.27. The number of carbonyl (C=O) groups excluding carboxylic acids is 1. The topological polar surface area (TPSA) is 67.3 Å². The van der Waals surface area contributed by atoms with Gasteiger partial charge in [0.2, 0.25) is 5.91 Å². The second kappa shape index (κ2) is 7.68. The summed E-state index contributed by atoms with van der Waals surface area (Å²) in [6.07, 6.45) is 1.25. The van der Waals surface area contributed by atoms with Gasteiger partial charge in [0, 0.05) is 11.7 Å². The van der Waals surface area contributed by atoms with Gasteiger partial charge in [0.1, 0.15) is 5.75 Å². The monoisotopic (exact) mass is 374 g/mol. The van der Waals surface area contributed by atoms with E-state index in [-0.39, 0.29) is 12.3 Å². The largest absolute Gasteiger partial charge is 0.497 e. The number of benzene rings is 2. The van der Waals surface area contributed by atoms with Crippen molar-refractivity contribution in [1.82, 2.24) is 10.2 Å². The minimum atomic E-state index is -0.132. The molecule has 0 saturated heterocycles. The van der Waals surface area contributed by atoms with E-state index in [1.54, 1.807) is 13.2 Å². The Bertz CT molecular complexity index is 971. The number of nitrogens with zero attached hydrogens (tertiary/aromatic N) is 3. The van der Waals surface area contributed by atoms with Crippen LogP contribution in [0, 0.1) is 0 Å². The van der Waals surface area contributed by atoms with Crippen molar-refractivity contribution in [1.29, 1.82) is 0 Å². The lowest BCUT2D eigenvalue weighted by Gasteiger charge is -2.23. The van der Waals surface area contributed by atoms with Crippen molar-refractivity contribution in [3.8, 4) is 5.75 Å². The first-order chi connectivity index (χ1) is 13.6. The third-order valence-corrected chi connectivity index (χ3v) is 4.90. The number of rotatable bonds is 5. The normalized spacial score (nSPS) is 15.2. The molecule has 28 heavy (non-hydrogen) atoms. The van der Waals surface area contributed by atoms with Gasteiger partial charge < -0.3 is 15.0 Å². The molecule has 4 rings (SSSR count). The van der Waals surface area contributed by atoms with Crippen LogP contribution in [0.5, 0.6) is 5.75 Å². The van der Waals surface area contributed by atoms with Crippen LogP contribution in [-0.4, -0.2) is 29.3 Å². The van der Waals surface area contributed by atoms with Gasteiger partial charge in [-0.1, -0.05) is 30.3 Å². The molecule has 1 atom stereocenters. The van der Waals surface area contributed by atoms with Gasteiger partial charge in [-0.25, -0.2) is 0 Å². The van der Waals surface area contributed by atoms with Crippen LogP contribution in [0.15, 0.2) is 60.7 Å². The Hall–Kier alpha value is -3.41. The van der Waals surface area contributed by atoms with E-state index in [1.165, 1.54) is 11.3 Å². The Labute approximate surface area is 164 Å². The van der Waals surface area contributed by atoms with Crippen molar-refractivity contribution in [2.75, 3.05) is 17.3 Å². The summed E-state index contributed by atoms with van der Waals surface area (Å²) in [7, 11) is 1.62. The second-order valence-electron chi connectivity index (χ2n) is 6.90. The highest BCUT2D eigenvalue weighted by molar-refractivity contribution is 5.91. The maximum atomic E-state index is 12.3. The van der Waals surface area contributed by atoms with Crippen LogP contribution in [0.25, 0.3) is 0 Å². The molecular formula is C22H22N4O2. The number of amides is 1. The molecule has 2 aromatic carbocycles. The van der Waals surface area contributed by atoms with Crippen LogP contribution in [-0.2, 0) is 17.6 Å². The summed E-state index contributed by atoms with van der Waals surface area (Å²) >= 11 is 0. The van der Waals surface area contributed by atoms with Crippen molar-refractivity contribution in [2.24, 2.45) is 0 Å². The van der Waals surface area contributed by atoms with E-state index in [9.17, 15) is 4.79 Å². The fourth-order valence-electron chi connectivity index (χ4n) is 3.55. The minimum Gasteiger partial charge on any atom is -0.497 e. The molecule has 0 saturated carbocycles. The van der Waals surface area contributed by atoms with Gasteiger partial charge in [-0.3, -0.25) is 4.79 Å². The number of aromatic nitrogens is 2. The highest BCUT2D eigenvalue weighted by atomic mass is 16.5. The third-order valence-electron chi connectivity index (χ3n) is 4.90. The van der Waals surface area contributed by atoms with Crippen LogP contribution in [0.1, 0.15) is 18.1 Å². The summed E-state index contributed by atoms with van der Waals surface area (Å²) in [5.74, 6) is 1.86. The van der Waals surface area contributed by atoms with E-state index in [0.717, 1.165) is 23.6 Å². The van der Waals surface area contributed by atoms with Crippen molar-refractivity contribution >= 4 is 23.2 Å². The molecule has 0 bridgehead atoms. The average Bonchev–Trinajstić information content (AvgIpc) is 3.05. The molecule has 3 aromatic rings. The zero-order valence-electron chi connectivity index (χ0n) is 15.9. The first-order valence-corrected chi connectivity index (χ1v) is 9.27. The summed E-state index contributed by atoms with van der Waals surface area (Å²) in [4.78, 5) is 14.5. The molecule has 0 spiro atoms. The first kappa shape index (κ1) is 18.0. The van der Waals surface area contributed by atoms with Crippen molar-refractivity contribution in [2.45, 2.75) is 25.8 Å². The molecule has 1 aromatic heterocycles. The summed E-state index contributed by atoms with van der Waals surface area (Å²) in [6.45, 7) is 2.17. The number of ether oxygens (including phenoxy) is 1. The lowest BCUT2D eigenvalue weighted by Crippen LogP contribution is -2.25. The lowest BCUT2D eigenvalue weighted by atomic mass is 10.1. The molecule has 0 radical (unpaired) electrons. The van der Waals surface area contributed by atoms with Crippen LogP contribution in [0.2, 0.25) is 0 Å². The number of hydrogen-bond acceptors (Lipinski definition) is 5. The maximum absolute atomic E-state index is 12.3. The number of carbonyl (C=O) groups is 1. The molecule has 2 heterocycles. The SMILES string of the molecule is COc1ccc(CC(=O)Nc2ccc(N3c4ccccc4CC3C)nn2)cc1. The molecular weight excluding hydrogens is 352 g/mol. The number of hydrogen-bond donors (Lipinski definition) is 1. The standard InChI is InChI=1S/C22H22N4O2/c1-15-13-17-5-3-4-6-19(17)26(15)21-12-11-20(24-25-21)23-22(27)14-16-7-9-18(28-2)10-8-16/h3-12,15H,13-14H2,1-2H3,(H,23,24,27). The van der Waals surface area contributed by atoms with E-state index >= 15 is 0 Å². The molecule has 6 nitrogen and oxygen atoms in total. The van der Waals surface area contributed by atoms with Crippen LogP contribution in [0.4, 0.5) is 17.3 Å². The zero-order chi connectivity index (χ0) is 19.5. The Morgan fingerprint density at radius 2 is 1.89 bits per heavy atom. The van der Waals surface area contributed by atoms with Gasteiger partial charge in [-0.05, 0) is 54.8 Å². The number of anilines is 3. The van der Waals surface area contributed by atoms with Crippen molar-refractivity contribution in [3.05, 3.63) is 71.8 Å². The fraction of sp³-hybridized carbons (Fsp3) is 0.227. The van der Waals surface area contributed by atoms with Gasteiger partial charge in [-0.2, -0.15) is 0 Å². The molecule has 1 unspecified atom stereocenters. The number of fused-ring (bicyclic) bond motifs is 1. The molecule has 1 aliphatic rings. The number of para-hydroxylation sites is 1. The van der Waals surface area contributed by atoms with Gasteiger partial charge in [0.15, 0.2) is 11.6 Å². The van der Waals surface area contributed by atoms with E-state index in [2.05, 4.69) is 45.5 Å². The smallest absolute Gasteiger partial charge is 0.229 e. The predicted octanol–water partition coefficient (Wildman–Crippen LogP) is 3.75. The zero-order valence-corrected chi connectivity index (χ0v) is 15.9. The summed E-state index contributed by atoms with van der Waals surface area (Å²) < 4.78 is 5.13. The third kappa shape index (κ3) is 3.67. The van der Waals surface area contributed by atoms with Crippen LogP contribution < -0.4 is 15.0 Å². The Kier molecular flexibility index (Phi) is 4.93. The van der Waals surface area contributed by atoms with Gasteiger partial charge in [-0.15, -0.1) is 10.2 Å².